The SMILES string of the molecule is Cc1ccc(NC(=O)c2cnc(NCc3cccnc3)cn2)cc1. The highest BCUT2D eigenvalue weighted by Crippen LogP contribution is 2.10. The van der Waals surface area contributed by atoms with Gasteiger partial charge in [0, 0.05) is 24.6 Å². The van der Waals surface area contributed by atoms with Crippen LogP contribution >= 0.6 is 0 Å². The van der Waals surface area contributed by atoms with Crippen LogP contribution in [-0.4, -0.2) is 20.9 Å². The molecule has 0 bridgehead atoms. The normalized spacial score (nSPS) is 10.2. The van der Waals surface area contributed by atoms with Crippen LogP contribution in [0.25, 0.3) is 0 Å². The summed E-state index contributed by atoms with van der Waals surface area (Å²) in [6, 6.07) is 11.4. The lowest BCUT2D eigenvalue weighted by Gasteiger charge is -2.07. The summed E-state index contributed by atoms with van der Waals surface area (Å²) in [6.45, 7) is 2.59. The molecule has 0 radical (unpaired) electrons. The Morgan fingerprint density at radius 1 is 1.04 bits per heavy atom. The van der Waals surface area contributed by atoms with E-state index in [1.165, 1.54) is 6.20 Å². The van der Waals surface area contributed by atoms with Crippen LogP contribution in [0.5, 0.6) is 0 Å². The second kappa shape index (κ2) is 7.32. The summed E-state index contributed by atoms with van der Waals surface area (Å²) < 4.78 is 0. The van der Waals surface area contributed by atoms with Crippen LogP contribution in [0.2, 0.25) is 0 Å². The molecule has 3 aromatic rings. The van der Waals surface area contributed by atoms with Crippen LogP contribution in [0.1, 0.15) is 21.6 Å². The molecule has 0 saturated carbocycles. The fourth-order valence-corrected chi connectivity index (χ4v) is 2.06. The maximum atomic E-state index is 12.1. The van der Waals surface area contributed by atoms with Crippen molar-refractivity contribution >= 4 is 17.4 Å². The van der Waals surface area contributed by atoms with E-state index in [1.807, 2.05) is 43.3 Å². The molecule has 1 amide bonds. The minimum absolute atomic E-state index is 0.266. The average molecular weight is 319 g/mol. The van der Waals surface area contributed by atoms with Crippen LogP contribution in [0, 0.1) is 6.92 Å². The summed E-state index contributed by atoms with van der Waals surface area (Å²) in [6.07, 6.45) is 6.50. The molecular weight excluding hydrogens is 302 g/mol. The molecular formula is C18H17N5O. The van der Waals surface area contributed by atoms with E-state index in [4.69, 9.17) is 0 Å². The molecule has 1 aromatic carbocycles. The van der Waals surface area contributed by atoms with Gasteiger partial charge in [0.1, 0.15) is 11.5 Å². The third-order valence-electron chi connectivity index (χ3n) is 3.39. The van der Waals surface area contributed by atoms with Gasteiger partial charge in [-0.05, 0) is 30.7 Å². The first kappa shape index (κ1) is 15.6. The third-order valence-corrected chi connectivity index (χ3v) is 3.39. The Kier molecular flexibility index (Phi) is 4.76. The van der Waals surface area contributed by atoms with Crippen molar-refractivity contribution in [2.24, 2.45) is 0 Å². The van der Waals surface area contributed by atoms with Crippen molar-refractivity contribution in [3.05, 3.63) is 78.0 Å². The lowest BCUT2D eigenvalue weighted by atomic mass is 10.2. The first-order valence-electron chi connectivity index (χ1n) is 7.53. The molecule has 0 saturated heterocycles. The van der Waals surface area contributed by atoms with Gasteiger partial charge in [-0.1, -0.05) is 23.8 Å². The molecule has 2 N–H and O–H groups in total. The first-order chi connectivity index (χ1) is 11.7. The van der Waals surface area contributed by atoms with E-state index in [0.717, 1.165) is 16.8 Å². The fourth-order valence-electron chi connectivity index (χ4n) is 2.06. The van der Waals surface area contributed by atoms with E-state index < -0.39 is 0 Å². The Balaban J connectivity index is 1.59. The molecule has 6 nitrogen and oxygen atoms in total. The second-order valence-corrected chi connectivity index (χ2v) is 5.32. The number of aryl methyl sites for hydroxylation is 1. The number of amides is 1. The van der Waals surface area contributed by atoms with Gasteiger partial charge in [0.2, 0.25) is 0 Å². The number of pyridine rings is 1. The van der Waals surface area contributed by atoms with Crippen LogP contribution < -0.4 is 10.6 Å². The largest absolute Gasteiger partial charge is 0.365 e. The van der Waals surface area contributed by atoms with E-state index in [0.29, 0.717) is 12.4 Å². The Morgan fingerprint density at radius 3 is 2.54 bits per heavy atom. The Bertz CT molecular complexity index is 801. The molecule has 0 aliphatic heterocycles. The zero-order valence-electron chi connectivity index (χ0n) is 13.2. The molecule has 0 fully saturated rings. The maximum absolute atomic E-state index is 12.1. The highest BCUT2D eigenvalue weighted by atomic mass is 16.1. The summed E-state index contributed by atoms with van der Waals surface area (Å²) in [5.74, 6) is 0.316. The maximum Gasteiger partial charge on any atom is 0.275 e. The molecule has 24 heavy (non-hydrogen) atoms. The monoisotopic (exact) mass is 319 g/mol. The van der Waals surface area contributed by atoms with Crippen molar-refractivity contribution < 1.29 is 4.79 Å². The van der Waals surface area contributed by atoms with E-state index in [1.54, 1.807) is 18.6 Å². The number of hydrogen-bond acceptors (Lipinski definition) is 5. The predicted molar refractivity (Wildman–Crippen MR) is 92.7 cm³/mol. The van der Waals surface area contributed by atoms with E-state index in [2.05, 4.69) is 25.6 Å². The highest BCUT2D eigenvalue weighted by Gasteiger charge is 2.08. The van der Waals surface area contributed by atoms with E-state index in [-0.39, 0.29) is 11.6 Å². The minimum atomic E-state index is -0.287. The molecule has 120 valence electrons. The van der Waals surface area contributed by atoms with Gasteiger partial charge in [-0.15, -0.1) is 0 Å². The number of rotatable bonds is 5. The number of nitrogens with zero attached hydrogens (tertiary/aromatic N) is 3. The summed E-state index contributed by atoms with van der Waals surface area (Å²) in [7, 11) is 0. The molecule has 3 rings (SSSR count). The summed E-state index contributed by atoms with van der Waals surface area (Å²) in [5.41, 5.74) is 3.17. The standard InChI is InChI=1S/C18H17N5O/c1-13-4-6-15(7-5-13)23-18(24)16-11-22-17(12-20-16)21-10-14-3-2-8-19-9-14/h2-9,11-12H,10H2,1H3,(H,21,22)(H,23,24). The number of carbonyl (C=O) groups is 1. The number of hydrogen-bond donors (Lipinski definition) is 2. The highest BCUT2D eigenvalue weighted by molar-refractivity contribution is 6.02. The van der Waals surface area contributed by atoms with Gasteiger partial charge >= 0.3 is 0 Å². The summed E-state index contributed by atoms with van der Waals surface area (Å²) in [4.78, 5) is 24.6. The zero-order valence-corrected chi connectivity index (χ0v) is 13.2. The molecule has 0 unspecified atom stereocenters. The molecule has 6 heteroatoms. The Labute approximate surface area is 140 Å². The smallest absolute Gasteiger partial charge is 0.275 e. The van der Waals surface area contributed by atoms with E-state index in [9.17, 15) is 4.79 Å². The lowest BCUT2D eigenvalue weighted by Crippen LogP contribution is -2.14. The number of aromatic nitrogens is 3. The molecule has 2 aromatic heterocycles. The predicted octanol–water partition coefficient (Wildman–Crippen LogP) is 3.04. The van der Waals surface area contributed by atoms with Crippen molar-refractivity contribution in [3.63, 3.8) is 0 Å². The molecule has 0 aliphatic carbocycles. The number of carbonyl (C=O) groups excluding carboxylic acids is 1. The van der Waals surface area contributed by atoms with Gasteiger partial charge in [-0.3, -0.25) is 9.78 Å². The van der Waals surface area contributed by atoms with Crippen molar-refractivity contribution in [2.45, 2.75) is 13.5 Å². The van der Waals surface area contributed by atoms with Gasteiger partial charge < -0.3 is 10.6 Å². The Morgan fingerprint density at radius 2 is 1.88 bits per heavy atom. The molecule has 0 aliphatic rings. The van der Waals surface area contributed by atoms with Gasteiger partial charge in [0.25, 0.3) is 5.91 Å². The topological polar surface area (TPSA) is 79.8 Å². The Hall–Kier alpha value is -3.28. The minimum Gasteiger partial charge on any atom is -0.365 e. The van der Waals surface area contributed by atoms with Crippen LogP contribution in [0.3, 0.4) is 0 Å². The van der Waals surface area contributed by atoms with E-state index >= 15 is 0 Å². The third kappa shape index (κ3) is 4.13. The quantitative estimate of drug-likeness (QED) is 0.755. The number of anilines is 2. The van der Waals surface area contributed by atoms with Gasteiger partial charge in [-0.2, -0.15) is 0 Å². The van der Waals surface area contributed by atoms with Gasteiger partial charge in [-0.25, -0.2) is 9.97 Å². The first-order valence-corrected chi connectivity index (χ1v) is 7.53. The van der Waals surface area contributed by atoms with Gasteiger partial charge in [0.05, 0.1) is 12.4 Å². The molecule has 0 atom stereocenters. The summed E-state index contributed by atoms with van der Waals surface area (Å²) >= 11 is 0. The van der Waals surface area contributed by atoms with Crippen LogP contribution in [0.15, 0.2) is 61.2 Å². The average Bonchev–Trinajstić information content (AvgIpc) is 2.63. The van der Waals surface area contributed by atoms with Gasteiger partial charge in [0.15, 0.2) is 0 Å². The summed E-state index contributed by atoms with van der Waals surface area (Å²) in [5, 5.41) is 5.93. The zero-order chi connectivity index (χ0) is 16.8. The van der Waals surface area contributed by atoms with Crippen molar-refractivity contribution in [1.29, 1.82) is 0 Å². The van der Waals surface area contributed by atoms with Crippen LogP contribution in [-0.2, 0) is 6.54 Å². The number of nitrogens with one attached hydrogen (secondary N) is 2. The molecule has 2 heterocycles. The molecule has 0 spiro atoms. The van der Waals surface area contributed by atoms with Crippen LogP contribution in [0.4, 0.5) is 11.5 Å². The van der Waals surface area contributed by atoms with Crippen molar-refractivity contribution in [2.75, 3.05) is 10.6 Å². The fraction of sp³-hybridized carbons (Fsp3) is 0.111. The number of benzene rings is 1. The second-order valence-electron chi connectivity index (χ2n) is 5.32. The lowest BCUT2D eigenvalue weighted by molar-refractivity contribution is 0.102. The van der Waals surface area contributed by atoms with Crippen molar-refractivity contribution in [1.82, 2.24) is 15.0 Å². The van der Waals surface area contributed by atoms with Crippen molar-refractivity contribution in [3.8, 4) is 0 Å².